The summed E-state index contributed by atoms with van der Waals surface area (Å²) in [4.78, 5) is 40.9. The van der Waals surface area contributed by atoms with Crippen LogP contribution in [0, 0.1) is 0 Å². The maximum absolute atomic E-state index is 13.1. The Morgan fingerprint density at radius 2 is 1.88 bits per heavy atom. The Labute approximate surface area is 193 Å². The molecule has 176 valence electrons. The van der Waals surface area contributed by atoms with Crippen molar-refractivity contribution >= 4 is 44.3 Å². The van der Waals surface area contributed by atoms with Gasteiger partial charge in [-0.05, 0) is 29.7 Å². The number of thiazole rings is 1. The minimum absolute atomic E-state index is 0.0945. The lowest BCUT2D eigenvalue weighted by molar-refractivity contribution is -0.137. The molecule has 8 nitrogen and oxygen atoms in total. The van der Waals surface area contributed by atoms with Crippen LogP contribution in [0.3, 0.4) is 0 Å². The average molecular weight is 491 g/mol. The van der Waals surface area contributed by atoms with E-state index in [1.807, 2.05) is 5.32 Å². The molecule has 4 aromatic rings. The van der Waals surface area contributed by atoms with Gasteiger partial charge >= 0.3 is 12.3 Å². The maximum atomic E-state index is 13.1. The van der Waals surface area contributed by atoms with E-state index >= 15 is 0 Å². The summed E-state index contributed by atoms with van der Waals surface area (Å²) in [7, 11) is 1.09. The third-order valence-corrected chi connectivity index (χ3v) is 6.09. The van der Waals surface area contributed by atoms with E-state index in [4.69, 9.17) is 0 Å². The molecule has 0 aliphatic carbocycles. The molecule has 34 heavy (non-hydrogen) atoms. The monoisotopic (exact) mass is 491 g/mol. The van der Waals surface area contributed by atoms with Crippen LogP contribution in [0.15, 0.2) is 47.3 Å². The summed E-state index contributed by atoms with van der Waals surface area (Å²) in [5, 5.41) is 13.7. The Balaban J connectivity index is 1.77. The first-order chi connectivity index (χ1) is 16.1. The van der Waals surface area contributed by atoms with Gasteiger partial charge in [-0.3, -0.25) is 19.5 Å². The van der Waals surface area contributed by atoms with Crippen molar-refractivity contribution in [1.29, 1.82) is 0 Å². The molecule has 12 heteroatoms. The molecular weight excluding hydrogens is 475 g/mol. The summed E-state index contributed by atoms with van der Waals surface area (Å²) in [6.45, 7) is -0.234. The topological polar surface area (TPSA) is 111 Å². The van der Waals surface area contributed by atoms with Crippen molar-refractivity contribution in [2.75, 3.05) is 7.11 Å². The van der Waals surface area contributed by atoms with E-state index in [-0.39, 0.29) is 28.0 Å². The maximum Gasteiger partial charge on any atom is 0.416 e. The van der Waals surface area contributed by atoms with Gasteiger partial charge in [-0.1, -0.05) is 18.2 Å². The highest BCUT2D eigenvalue weighted by Crippen LogP contribution is 2.33. The van der Waals surface area contributed by atoms with Crippen molar-refractivity contribution < 1.29 is 32.6 Å². The number of pyridine rings is 1. The molecule has 2 N–H and O–H groups in total. The Morgan fingerprint density at radius 3 is 2.56 bits per heavy atom. The van der Waals surface area contributed by atoms with Crippen LogP contribution in [0.2, 0.25) is 0 Å². The first-order valence-electron chi connectivity index (χ1n) is 9.76. The number of carbonyl (C=O) groups is 2. The van der Waals surface area contributed by atoms with Crippen LogP contribution in [0.25, 0.3) is 21.0 Å². The number of nitrogens with one attached hydrogen (secondary N) is 1. The second kappa shape index (κ2) is 8.78. The first-order valence-corrected chi connectivity index (χ1v) is 10.6. The molecule has 0 spiro atoms. The van der Waals surface area contributed by atoms with Gasteiger partial charge in [0.15, 0.2) is 5.88 Å². The molecule has 0 saturated carbocycles. The molecule has 0 aliphatic rings. The summed E-state index contributed by atoms with van der Waals surface area (Å²) in [5.41, 5.74) is -1.21. The first kappa shape index (κ1) is 23.2. The van der Waals surface area contributed by atoms with Crippen molar-refractivity contribution in [3.63, 3.8) is 0 Å². The molecule has 0 fully saturated rings. The van der Waals surface area contributed by atoms with E-state index in [2.05, 4.69) is 9.72 Å². The second-order valence-electron chi connectivity index (χ2n) is 7.24. The number of imide groups is 1. The summed E-state index contributed by atoms with van der Waals surface area (Å²) >= 11 is 1.08. The SMILES string of the molecule is COC(=O)NC(=O)Cc1c(O)n(Cc2nc3cc(C(F)(F)F)ccc3s2)c(=O)c2ccccc12. The predicted molar refractivity (Wildman–Crippen MR) is 118 cm³/mol. The second-order valence-corrected chi connectivity index (χ2v) is 8.36. The van der Waals surface area contributed by atoms with Crippen LogP contribution < -0.4 is 10.9 Å². The molecule has 0 saturated heterocycles. The van der Waals surface area contributed by atoms with Gasteiger partial charge in [-0.15, -0.1) is 11.3 Å². The van der Waals surface area contributed by atoms with Crippen molar-refractivity contribution in [1.82, 2.24) is 14.9 Å². The molecule has 2 aromatic heterocycles. The van der Waals surface area contributed by atoms with Crippen LogP contribution >= 0.6 is 11.3 Å². The van der Waals surface area contributed by atoms with E-state index in [0.29, 0.717) is 10.1 Å². The zero-order valence-electron chi connectivity index (χ0n) is 17.5. The number of aromatic nitrogens is 2. The van der Waals surface area contributed by atoms with E-state index in [0.717, 1.165) is 35.1 Å². The molecular formula is C22H16F3N3O5S. The number of hydrogen-bond donors (Lipinski definition) is 2. The minimum atomic E-state index is -4.52. The highest BCUT2D eigenvalue weighted by Gasteiger charge is 2.31. The van der Waals surface area contributed by atoms with Gasteiger partial charge in [0.1, 0.15) is 5.01 Å². The number of alkyl halides is 3. The smallest absolute Gasteiger partial charge is 0.416 e. The van der Waals surface area contributed by atoms with Crippen molar-refractivity contribution in [2.45, 2.75) is 19.1 Å². The number of carbonyl (C=O) groups excluding carboxylic acids is 2. The number of ether oxygens (including phenoxy) is 1. The normalized spacial score (nSPS) is 11.6. The van der Waals surface area contributed by atoms with Crippen molar-refractivity contribution in [2.24, 2.45) is 0 Å². The Morgan fingerprint density at radius 1 is 1.18 bits per heavy atom. The van der Waals surface area contributed by atoms with Crippen LogP contribution in [0.1, 0.15) is 16.1 Å². The molecule has 2 aromatic carbocycles. The Hall–Kier alpha value is -3.93. The average Bonchev–Trinajstić information content (AvgIpc) is 3.20. The fraction of sp³-hybridized carbons (Fsp3) is 0.182. The number of benzene rings is 2. The zero-order chi connectivity index (χ0) is 24.6. The van der Waals surface area contributed by atoms with Gasteiger partial charge < -0.3 is 9.84 Å². The van der Waals surface area contributed by atoms with Crippen LogP contribution in [0.5, 0.6) is 5.88 Å². The number of halogens is 3. The largest absolute Gasteiger partial charge is 0.494 e. The molecule has 0 aliphatic heterocycles. The van der Waals surface area contributed by atoms with Gasteiger partial charge in [0.25, 0.3) is 5.56 Å². The lowest BCUT2D eigenvalue weighted by Gasteiger charge is -2.14. The summed E-state index contributed by atoms with van der Waals surface area (Å²) in [5.74, 6) is -1.28. The number of fused-ring (bicyclic) bond motifs is 2. The molecule has 0 bridgehead atoms. The standard InChI is InChI=1S/C22H16F3N3O5S/c1-33-21(32)27-17(29)9-14-12-4-2-3-5-13(12)19(30)28(20(14)31)10-18-26-15-8-11(22(23,24)25)6-7-16(15)34-18/h2-8,31H,9-10H2,1H3,(H,27,29,32). The van der Waals surface area contributed by atoms with Gasteiger partial charge in [0.2, 0.25) is 5.91 Å². The summed E-state index contributed by atoms with van der Waals surface area (Å²) in [6, 6.07) is 9.47. The van der Waals surface area contributed by atoms with Gasteiger partial charge in [-0.2, -0.15) is 13.2 Å². The van der Waals surface area contributed by atoms with Gasteiger partial charge in [0.05, 0.1) is 35.9 Å². The number of methoxy groups -OCH3 is 1. The fourth-order valence-corrected chi connectivity index (χ4v) is 4.44. The lowest BCUT2D eigenvalue weighted by Crippen LogP contribution is -2.32. The van der Waals surface area contributed by atoms with E-state index < -0.39 is 41.6 Å². The molecule has 0 atom stereocenters. The van der Waals surface area contributed by atoms with Crippen molar-refractivity contribution in [3.8, 4) is 5.88 Å². The van der Waals surface area contributed by atoms with Gasteiger partial charge in [0, 0.05) is 10.9 Å². The number of hydrogen-bond acceptors (Lipinski definition) is 7. The third-order valence-electron chi connectivity index (χ3n) is 5.07. The zero-order valence-corrected chi connectivity index (χ0v) is 18.3. The molecule has 2 amide bonds. The van der Waals surface area contributed by atoms with Crippen LogP contribution in [-0.4, -0.2) is 33.8 Å². The highest BCUT2D eigenvalue weighted by atomic mass is 32.1. The van der Waals surface area contributed by atoms with E-state index in [1.165, 1.54) is 12.1 Å². The number of aromatic hydroxyl groups is 1. The quantitative estimate of drug-likeness (QED) is 0.449. The number of rotatable bonds is 4. The minimum Gasteiger partial charge on any atom is -0.494 e. The summed E-state index contributed by atoms with van der Waals surface area (Å²) < 4.78 is 44.9. The Bertz CT molecular complexity index is 1490. The molecule has 2 heterocycles. The fourth-order valence-electron chi connectivity index (χ4n) is 3.50. The summed E-state index contributed by atoms with van der Waals surface area (Å²) in [6.07, 6.45) is -5.93. The highest BCUT2D eigenvalue weighted by molar-refractivity contribution is 7.18. The van der Waals surface area contributed by atoms with Gasteiger partial charge in [-0.25, -0.2) is 9.78 Å². The van der Waals surface area contributed by atoms with E-state index in [9.17, 15) is 32.7 Å². The Kier molecular flexibility index (Phi) is 6.00. The third kappa shape index (κ3) is 4.44. The number of alkyl carbamates (subject to hydrolysis) is 1. The van der Waals surface area contributed by atoms with Crippen LogP contribution in [-0.2, 0) is 28.7 Å². The number of amides is 2. The van der Waals surface area contributed by atoms with Crippen LogP contribution in [0.4, 0.5) is 18.0 Å². The number of nitrogens with zero attached hydrogens (tertiary/aromatic N) is 2. The molecule has 0 unspecified atom stereocenters. The molecule has 4 rings (SSSR count). The molecule has 0 radical (unpaired) electrons. The lowest BCUT2D eigenvalue weighted by atomic mass is 10.0. The predicted octanol–water partition coefficient (Wildman–Crippen LogP) is 3.81. The van der Waals surface area contributed by atoms with Crippen molar-refractivity contribution in [3.05, 3.63) is 69.0 Å². The van der Waals surface area contributed by atoms with E-state index in [1.54, 1.807) is 18.2 Å².